The summed E-state index contributed by atoms with van der Waals surface area (Å²) in [4.78, 5) is 4.01. The van der Waals surface area contributed by atoms with E-state index in [0.29, 0.717) is 10.7 Å². The third kappa shape index (κ3) is 2.02. The number of aryl methyl sites for hydroxylation is 1. The van der Waals surface area contributed by atoms with Crippen LogP contribution in [0.2, 0.25) is 0 Å². The molecule has 14 heavy (non-hydrogen) atoms. The highest BCUT2D eigenvalue weighted by atomic mass is 32.2. The van der Waals surface area contributed by atoms with Gasteiger partial charge < -0.3 is 0 Å². The lowest BCUT2D eigenvalue weighted by Gasteiger charge is -2.07. The molecule has 1 heterocycles. The number of thioether (sulfide) groups is 1. The molecule has 0 aliphatic carbocycles. The van der Waals surface area contributed by atoms with Crippen molar-refractivity contribution < 1.29 is 8.78 Å². The first-order valence-corrected chi connectivity index (χ1v) is 5.06. The molecule has 0 saturated heterocycles. The predicted molar refractivity (Wildman–Crippen MR) is 50.4 cm³/mol. The quantitative estimate of drug-likeness (QED) is 0.710. The van der Waals surface area contributed by atoms with Crippen LogP contribution in [0.3, 0.4) is 0 Å². The Morgan fingerprint density at radius 3 is 2.64 bits per heavy atom. The van der Waals surface area contributed by atoms with Gasteiger partial charge in [-0.25, -0.2) is 13.8 Å². The molecule has 0 saturated carbocycles. The van der Waals surface area contributed by atoms with Crippen LogP contribution in [0.25, 0.3) is 0 Å². The summed E-state index contributed by atoms with van der Waals surface area (Å²) >= 11 is 1.20. The molecule has 0 aliphatic heterocycles. The molecule has 0 unspecified atom stereocenters. The van der Waals surface area contributed by atoms with Crippen molar-refractivity contribution in [1.82, 2.24) is 4.98 Å². The second kappa shape index (κ2) is 4.38. The van der Waals surface area contributed by atoms with Gasteiger partial charge in [0, 0.05) is 11.3 Å². The molecular formula is C9H8F2N2S. The Bertz CT molecular complexity index is 385. The van der Waals surface area contributed by atoms with Crippen molar-refractivity contribution in [2.24, 2.45) is 0 Å². The highest BCUT2D eigenvalue weighted by molar-refractivity contribution is 7.98. The van der Waals surface area contributed by atoms with Gasteiger partial charge in [0.1, 0.15) is 11.1 Å². The van der Waals surface area contributed by atoms with E-state index < -0.39 is 6.43 Å². The number of pyridine rings is 1. The molecule has 5 heteroatoms. The van der Waals surface area contributed by atoms with Crippen LogP contribution >= 0.6 is 11.8 Å². The van der Waals surface area contributed by atoms with Crippen LogP contribution in [0.1, 0.15) is 23.2 Å². The molecule has 0 aliphatic rings. The molecule has 0 aromatic carbocycles. The normalized spacial score (nSPS) is 10.3. The number of rotatable bonds is 2. The third-order valence-corrected chi connectivity index (χ3v) is 2.37. The number of nitrogens with zero attached hydrogens (tertiary/aromatic N) is 2. The fourth-order valence-electron chi connectivity index (χ4n) is 1.10. The Kier molecular flexibility index (Phi) is 3.42. The first kappa shape index (κ1) is 10.9. The molecule has 1 aromatic rings. The second-order valence-electron chi connectivity index (χ2n) is 2.65. The highest BCUT2D eigenvalue weighted by Crippen LogP contribution is 2.28. The average Bonchev–Trinajstić information content (AvgIpc) is 2.16. The molecule has 1 aromatic heterocycles. The number of alkyl halides is 2. The van der Waals surface area contributed by atoms with Gasteiger partial charge in [-0.2, -0.15) is 5.26 Å². The Hall–Kier alpha value is -1.15. The smallest absolute Gasteiger partial charge is 0.245 e. The summed E-state index contributed by atoms with van der Waals surface area (Å²) in [5, 5.41) is 9.10. The molecule has 0 amide bonds. The topological polar surface area (TPSA) is 36.7 Å². The van der Waals surface area contributed by atoms with E-state index in [2.05, 4.69) is 4.98 Å². The first-order valence-electron chi connectivity index (χ1n) is 3.84. The third-order valence-electron chi connectivity index (χ3n) is 1.69. The Labute approximate surface area is 85.0 Å². The van der Waals surface area contributed by atoms with Crippen molar-refractivity contribution >= 4 is 11.8 Å². The largest absolute Gasteiger partial charge is 0.265 e. The number of nitriles is 1. The summed E-state index contributed by atoms with van der Waals surface area (Å²) < 4.78 is 25.0. The molecule has 1 rings (SSSR count). The summed E-state index contributed by atoms with van der Waals surface area (Å²) in [6.07, 6.45) is -0.921. The Morgan fingerprint density at radius 1 is 1.57 bits per heavy atom. The lowest BCUT2D eigenvalue weighted by Crippen LogP contribution is -1.98. The van der Waals surface area contributed by atoms with Gasteiger partial charge in [-0.3, -0.25) is 0 Å². The summed E-state index contributed by atoms with van der Waals surface area (Å²) in [5.41, 5.74) is 0.256. The lowest BCUT2D eigenvalue weighted by atomic mass is 10.1. The maximum Gasteiger partial charge on any atom is 0.265 e. The minimum absolute atomic E-state index is 0.0156. The summed E-state index contributed by atoms with van der Waals surface area (Å²) in [6.45, 7) is 1.63. The second-order valence-corrected chi connectivity index (χ2v) is 3.44. The van der Waals surface area contributed by atoms with Gasteiger partial charge in [-0.1, -0.05) is 0 Å². The zero-order valence-electron chi connectivity index (χ0n) is 7.71. The van der Waals surface area contributed by atoms with Gasteiger partial charge in [0.05, 0.1) is 5.56 Å². The van der Waals surface area contributed by atoms with Gasteiger partial charge in [-0.15, -0.1) is 11.8 Å². The maximum absolute atomic E-state index is 12.5. The fraction of sp³-hybridized carbons (Fsp3) is 0.333. The Balaban J connectivity index is 3.41. The molecular weight excluding hydrogens is 206 g/mol. The molecule has 0 fully saturated rings. The van der Waals surface area contributed by atoms with Crippen molar-refractivity contribution in [3.05, 3.63) is 22.9 Å². The van der Waals surface area contributed by atoms with Crippen molar-refractivity contribution in [3.8, 4) is 6.07 Å². The lowest BCUT2D eigenvalue weighted by molar-refractivity contribution is 0.150. The summed E-state index contributed by atoms with van der Waals surface area (Å²) in [7, 11) is 0. The van der Waals surface area contributed by atoms with E-state index in [1.807, 2.05) is 0 Å². The molecule has 0 atom stereocenters. The van der Waals surface area contributed by atoms with Crippen LogP contribution in [-0.4, -0.2) is 11.2 Å². The van der Waals surface area contributed by atoms with Crippen molar-refractivity contribution in [3.63, 3.8) is 0 Å². The fourth-order valence-corrected chi connectivity index (χ4v) is 1.70. The number of aromatic nitrogens is 1. The SMILES string of the molecule is CSc1nc(C)cc(C(F)F)c1C#N. The molecule has 0 spiro atoms. The van der Waals surface area contributed by atoms with Gasteiger partial charge in [-0.05, 0) is 19.2 Å². The molecule has 0 N–H and O–H groups in total. The molecule has 0 radical (unpaired) electrons. The monoisotopic (exact) mass is 214 g/mol. The zero-order valence-corrected chi connectivity index (χ0v) is 8.53. The predicted octanol–water partition coefficient (Wildman–Crippen LogP) is 2.92. The van der Waals surface area contributed by atoms with E-state index in [9.17, 15) is 8.78 Å². The zero-order chi connectivity index (χ0) is 10.7. The molecule has 0 bridgehead atoms. The van der Waals surface area contributed by atoms with Gasteiger partial charge in [0.2, 0.25) is 0 Å². The van der Waals surface area contributed by atoms with Gasteiger partial charge in [0.25, 0.3) is 6.43 Å². The van der Waals surface area contributed by atoms with E-state index in [1.165, 1.54) is 17.8 Å². The van der Waals surface area contributed by atoms with E-state index in [0.717, 1.165) is 0 Å². The standard InChI is InChI=1S/C9H8F2N2S/c1-5-3-6(8(10)11)7(4-12)9(13-5)14-2/h3,8H,1-2H3. The van der Waals surface area contributed by atoms with Crippen LogP contribution in [0.4, 0.5) is 8.78 Å². The maximum atomic E-state index is 12.5. The van der Waals surface area contributed by atoms with Gasteiger partial charge >= 0.3 is 0 Å². The van der Waals surface area contributed by atoms with Crippen LogP contribution < -0.4 is 0 Å². The van der Waals surface area contributed by atoms with E-state index in [1.54, 1.807) is 19.2 Å². The number of hydrogen-bond donors (Lipinski definition) is 0. The Morgan fingerprint density at radius 2 is 2.21 bits per heavy atom. The molecule has 2 nitrogen and oxygen atoms in total. The van der Waals surface area contributed by atoms with Crippen LogP contribution in [0.5, 0.6) is 0 Å². The summed E-state index contributed by atoms with van der Waals surface area (Å²) in [5.74, 6) is 0. The minimum Gasteiger partial charge on any atom is -0.245 e. The van der Waals surface area contributed by atoms with Gasteiger partial charge in [0.15, 0.2) is 0 Å². The number of hydrogen-bond acceptors (Lipinski definition) is 3. The first-order chi connectivity index (χ1) is 6.60. The van der Waals surface area contributed by atoms with Crippen molar-refractivity contribution in [2.45, 2.75) is 18.4 Å². The average molecular weight is 214 g/mol. The van der Waals surface area contributed by atoms with Crippen LogP contribution in [-0.2, 0) is 0 Å². The molecule has 74 valence electrons. The van der Waals surface area contributed by atoms with Crippen molar-refractivity contribution in [2.75, 3.05) is 6.26 Å². The van der Waals surface area contributed by atoms with Crippen LogP contribution in [0, 0.1) is 18.3 Å². The van der Waals surface area contributed by atoms with Crippen LogP contribution in [0.15, 0.2) is 11.1 Å². The summed E-state index contributed by atoms with van der Waals surface area (Å²) in [6, 6.07) is 3.01. The van der Waals surface area contributed by atoms with E-state index in [4.69, 9.17) is 5.26 Å². The van der Waals surface area contributed by atoms with E-state index >= 15 is 0 Å². The van der Waals surface area contributed by atoms with Crippen molar-refractivity contribution in [1.29, 1.82) is 5.26 Å². The highest BCUT2D eigenvalue weighted by Gasteiger charge is 2.17. The number of halogens is 2. The minimum atomic E-state index is -2.63. The van der Waals surface area contributed by atoms with E-state index in [-0.39, 0.29) is 11.1 Å².